The summed E-state index contributed by atoms with van der Waals surface area (Å²) in [5.74, 6) is 1.31. The number of hydrogen-bond donors (Lipinski definition) is 2. The van der Waals surface area contributed by atoms with Crippen molar-refractivity contribution in [2.45, 2.75) is 57.9 Å². The molecule has 45 heavy (non-hydrogen) atoms. The number of aromatic amines is 1. The second-order valence-corrected chi connectivity index (χ2v) is 10.5. The number of alkyl halides is 3. The minimum absolute atomic E-state index is 0.161. The molecule has 0 bridgehead atoms. The molecule has 0 saturated heterocycles. The fourth-order valence-corrected chi connectivity index (χ4v) is 4.47. The zero-order chi connectivity index (χ0) is 32.0. The van der Waals surface area contributed by atoms with Gasteiger partial charge in [-0.05, 0) is 38.3 Å². The maximum Gasteiger partial charge on any atom is 0.434 e. The Labute approximate surface area is 256 Å². The summed E-state index contributed by atoms with van der Waals surface area (Å²) in [7, 11) is 1.52. The van der Waals surface area contributed by atoms with Crippen LogP contribution in [0.5, 0.6) is 5.88 Å². The van der Waals surface area contributed by atoms with Crippen molar-refractivity contribution in [3.05, 3.63) is 87.5 Å². The first kappa shape index (κ1) is 31.2. The Morgan fingerprint density at radius 1 is 1.16 bits per heavy atom. The number of benzene rings is 1. The standard InChI is InChI=1S/C30H31F3N10O2/c1-18(2)43-14-23(30(31,32)33)40-28(43)21-6-4-19(5-7-21)12-34-15-35-16-38-27(36-13-22-10-11-24(44)42-41-22)25-26(20-8-9-20)37-17-39-29(25)45-3/h4-7,10-11,14-18,20H,8-9,12-13H2,1-3H3,(H,42,44)(H,34,35,36,38). The highest BCUT2D eigenvalue weighted by Crippen LogP contribution is 2.42. The van der Waals surface area contributed by atoms with E-state index in [-0.39, 0.29) is 29.9 Å². The van der Waals surface area contributed by atoms with Crippen molar-refractivity contribution in [2.75, 3.05) is 7.11 Å². The number of rotatable bonds is 11. The van der Waals surface area contributed by atoms with Gasteiger partial charge in [0.25, 0.3) is 5.56 Å². The summed E-state index contributed by atoms with van der Waals surface area (Å²) < 4.78 is 46.8. The largest absolute Gasteiger partial charge is 0.480 e. The monoisotopic (exact) mass is 620 g/mol. The number of hydrogen-bond acceptors (Lipinski definition) is 8. The smallest absolute Gasteiger partial charge is 0.434 e. The molecule has 2 N–H and O–H groups in total. The number of H-pyrrole nitrogens is 1. The van der Waals surface area contributed by atoms with Crippen molar-refractivity contribution in [2.24, 2.45) is 15.0 Å². The van der Waals surface area contributed by atoms with Gasteiger partial charge in [0.05, 0.1) is 37.9 Å². The van der Waals surface area contributed by atoms with Crippen LogP contribution in [0.1, 0.15) is 66.9 Å². The van der Waals surface area contributed by atoms with Gasteiger partial charge in [0.15, 0.2) is 5.69 Å². The number of nitrogens with one attached hydrogen (secondary N) is 2. The quantitative estimate of drug-likeness (QED) is 0.182. The summed E-state index contributed by atoms with van der Waals surface area (Å²) in [5, 5.41) is 9.49. The fraction of sp³-hybridized carbons (Fsp3) is 0.333. The summed E-state index contributed by atoms with van der Waals surface area (Å²) >= 11 is 0. The van der Waals surface area contributed by atoms with Gasteiger partial charge in [-0.1, -0.05) is 24.3 Å². The molecule has 0 aliphatic heterocycles. The maximum atomic E-state index is 13.3. The number of imidazole rings is 1. The van der Waals surface area contributed by atoms with Crippen LogP contribution in [0.2, 0.25) is 0 Å². The summed E-state index contributed by atoms with van der Waals surface area (Å²) in [5.41, 5.74) is 2.17. The van der Waals surface area contributed by atoms with Gasteiger partial charge in [-0.2, -0.15) is 18.3 Å². The lowest BCUT2D eigenvalue weighted by atomic mass is 10.1. The molecule has 1 fully saturated rings. The minimum atomic E-state index is -4.52. The van der Waals surface area contributed by atoms with Crippen LogP contribution in [0.4, 0.5) is 13.2 Å². The highest BCUT2D eigenvalue weighted by atomic mass is 19.4. The van der Waals surface area contributed by atoms with E-state index >= 15 is 0 Å². The van der Waals surface area contributed by atoms with Gasteiger partial charge >= 0.3 is 6.18 Å². The molecular formula is C30H31F3N10O2. The van der Waals surface area contributed by atoms with Gasteiger partial charge in [-0.25, -0.2) is 25.0 Å². The van der Waals surface area contributed by atoms with Gasteiger partial charge in [0, 0.05) is 29.8 Å². The topological polar surface area (TPSA) is 148 Å². The SMILES string of the molecule is COc1ncnc(C2CC2)c1C(=NCc1ccc(=O)[nH]n1)NC=NC=NCc1ccc(-c2nc(C(F)(F)F)cn2C(C)C)cc1. The number of methoxy groups -OCH3 is 1. The van der Waals surface area contributed by atoms with E-state index in [1.165, 1.54) is 36.7 Å². The zero-order valence-electron chi connectivity index (χ0n) is 24.8. The van der Waals surface area contributed by atoms with E-state index in [1.807, 2.05) is 0 Å². The molecule has 1 saturated carbocycles. The normalized spacial score (nSPS) is 14.2. The highest BCUT2D eigenvalue weighted by molar-refractivity contribution is 6.07. The molecule has 0 amide bonds. The molecule has 234 valence electrons. The minimum Gasteiger partial charge on any atom is -0.480 e. The predicted molar refractivity (Wildman–Crippen MR) is 163 cm³/mol. The van der Waals surface area contributed by atoms with Crippen molar-refractivity contribution in [1.29, 1.82) is 0 Å². The maximum absolute atomic E-state index is 13.3. The van der Waals surface area contributed by atoms with E-state index in [2.05, 4.69) is 45.4 Å². The number of aliphatic imine (C=N–C) groups is 3. The first-order chi connectivity index (χ1) is 21.6. The summed E-state index contributed by atoms with van der Waals surface area (Å²) in [6.45, 7) is 4.07. The summed E-state index contributed by atoms with van der Waals surface area (Å²) in [6.07, 6.45) is 2.78. The molecule has 0 radical (unpaired) electrons. The van der Waals surface area contributed by atoms with Crippen LogP contribution in [0.15, 0.2) is 68.7 Å². The third-order valence-corrected chi connectivity index (χ3v) is 6.86. The van der Waals surface area contributed by atoms with Crippen LogP contribution in [0.3, 0.4) is 0 Å². The van der Waals surface area contributed by atoms with Crippen molar-refractivity contribution < 1.29 is 17.9 Å². The Morgan fingerprint density at radius 2 is 1.93 bits per heavy atom. The molecule has 1 aromatic carbocycles. The lowest BCUT2D eigenvalue weighted by Gasteiger charge is -2.13. The first-order valence-electron chi connectivity index (χ1n) is 14.1. The molecule has 12 nitrogen and oxygen atoms in total. The van der Waals surface area contributed by atoms with Crippen molar-refractivity contribution in [3.63, 3.8) is 0 Å². The molecular weight excluding hydrogens is 589 g/mol. The number of ether oxygens (including phenoxy) is 1. The van der Waals surface area contributed by atoms with Crippen LogP contribution in [0, 0.1) is 0 Å². The van der Waals surface area contributed by atoms with Crippen LogP contribution in [-0.4, -0.2) is 55.3 Å². The Bertz CT molecular complexity index is 1750. The van der Waals surface area contributed by atoms with Gasteiger partial charge in [-0.3, -0.25) is 14.8 Å². The molecule has 1 aliphatic rings. The van der Waals surface area contributed by atoms with Gasteiger partial charge < -0.3 is 14.6 Å². The number of amidine groups is 1. The van der Waals surface area contributed by atoms with E-state index in [0.717, 1.165) is 30.3 Å². The first-order valence-corrected chi connectivity index (χ1v) is 14.1. The fourth-order valence-electron chi connectivity index (χ4n) is 4.47. The lowest BCUT2D eigenvalue weighted by molar-refractivity contribution is -0.140. The second kappa shape index (κ2) is 13.6. The average Bonchev–Trinajstić information content (AvgIpc) is 3.77. The Morgan fingerprint density at radius 3 is 2.58 bits per heavy atom. The van der Waals surface area contributed by atoms with Crippen molar-refractivity contribution >= 4 is 18.5 Å². The van der Waals surface area contributed by atoms with Crippen LogP contribution in [-0.2, 0) is 19.3 Å². The van der Waals surface area contributed by atoms with E-state index in [0.29, 0.717) is 35.1 Å². The molecule has 4 aromatic rings. The Balaban J connectivity index is 1.28. The lowest BCUT2D eigenvalue weighted by Crippen LogP contribution is -2.26. The van der Waals surface area contributed by atoms with Gasteiger partial charge in [-0.15, -0.1) is 0 Å². The van der Waals surface area contributed by atoms with Crippen LogP contribution in [0.25, 0.3) is 11.4 Å². The van der Waals surface area contributed by atoms with E-state index in [1.54, 1.807) is 44.2 Å². The molecule has 0 spiro atoms. The Hall–Kier alpha value is -5.21. The molecule has 0 unspecified atom stereocenters. The molecule has 15 heteroatoms. The summed E-state index contributed by atoms with van der Waals surface area (Å²) in [6, 6.07) is 9.80. The third-order valence-electron chi connectivity index (χ3n) is 6.86. The number of aromatic nitrogens is 6. The van der Waals surface area contributed by atoms with Crippen molar-refractivity contribution in [3.8, 4) is 17.3 Å². The molecule has 3 heterocycles. The van der Waals surface area contributed by atoms with E-state index in [4.69, 9.17) is 4.74 Å². The summed E-state index contributed by atoms with van der Waals surface area (Å²) in [4.78, 5) is 37.1. The van der Waals surface area contributed by atoms with E-state index in [9.17, 15) is 18.0 Å². The van der Waals surface area contributed by atoms with Gasteiger partial charge in [0.2, 0.25) is 5.88 Å². The van der Waals surface area contributed by atoms with E-state index < -0.39 is 11.9 Å². The highest BCUT2D eigenvalue weighted by Gasteiger charge is 2.35. The molecule has 0 atom stereocenters. The second-order valence-electron chi connectivity index (χ2n) is 10.5. The molecule has 3 aromatic heterocycles. The number of halogens is 3. The molecule has 5 rings (SSSR count). The van der Waals surface area contributed by atoms with Gasteiger partial charge in [0.1, 0.15) is 29.9 Å². The number of nitrogens with zero attached hydrogens (tertiary/aromatic N) is 8. The third kappa shape index (κ3) is 7.85. The average molecular weight is 621 g/mol. The van der Waals surface area contributed by atoms with Crippen molar-refractivity contribution in [1.82, 2.24) is 35.0 Å². The zero-order valence-corrected chi connectivity index (χ0v) is 24.8. The predicted octanol–water partition coefficient (Wildman–Crippen LogP) is 4.70. The molecule has 1 aliphatic carbocycles. The van der Waals surface area contributed by atoms with Crippen LogP contribution < -0.4 is 15.6 Å². The van der Waals surface area contributed by atoms with Crippen LogP contribution >= 0.6 is 0 Å². The Kier molecular flexibility index (Phi) is 9.45.